The van der Waals surface area contributed by atoms with Gasteiger partial charge in [0.2, 0.25) is 0 Å². The van der Waals surface area contributed by atoms with Crippen molar-refractivity contribution in [2.45, 2.75) is 120 Å². The molecular formula is C37H55Br2N3O6S. The minimum absolute atomic E-state index is 0.145. The standard InChI is InChI=1S/C19H27BrN2O3S.C18H28BrNO3/c1-10-8-11-15(26-17(21)22-11)14(20)13(10)12(25-19(5,6)7)9-24-16(23)18(2,3)4;1-11-8-12(20)9-13(19)15(11)14(23-18(5,6)7)10-22-16(21)17(2,3)4/h8,12H,9H2,1-7H3,(H2,21,22);8-9,14H,10,20H2,1-7H3/t12-;14-/m11/s1. The first-order chi connectivity index (χ1) is 22.1. The van der Waals surface area contributed by atoms with Crippen LogP contribution in [0, 0.1) is 24.7 Å². The van der Waals surface area contributed by atoms with Crippen LogP contribution in [0.15, 0.2) is 27.1 Å². The van der Waals surface area contributed by atoms with Crippen molar-refractivity contribution in [2.75, 3.05) is 24.7 Å². The Morgan fingerprint density at radius 3 is 1.57 bits per heavy atom. The summed E-state index contributed by atoms with van der Waals surface area (Å²) in [7, 11) is 0. The van der Waals surface area contributed by atoms with Crippen LogP contribution in [0.25, 0.3) is 10.2 Å². The Balaban J connectivity index is 0.000000343. The lowest BCUT2D eigenvalue weighted by atomic mass is 9.97. The van der Waals surface area contributed by atoms with Gasteiger partial charge in [0.05, 0.1) is 32.2 Å². The number of nitrogens with zero attached hydrogens (tertiary/aromatic N) is 1. The average molecular weight is 830 g/mol. The van der Waals surface area contributed by atoms with E-state index in [0.29, 0.717) is 10.8 Å². The number of fused-ring (bicyclic) bond motifs is 1. The van der Waals surface area contributed by atoms with Gasteiger partial charge in [0.25, 0.3) is 0 Å². The predicted molar refractivity (Wildman–Crippen MR) is 208 cm³/mol. The number of halogens is 2. The summed E-state index contributed by atoms with van der Waals surface area (Å²) in [5, 5.41) is 0.518. The van der Waals surface area contributed by atoms with Crippen molar-refractivity contribution in [3.8, 4) is 0 Å². The number of hydrogen-bond acceptors (Lipinski definition) is 10. The molecule has 3 aromatic rings. The number of anilines is 2. The van der Waals surface area contributed by atoms with Crippen molar-refractivity contribution >= 4 is 76.2 Å². The minimum Gasteiger partial charge on any atom is -0.462 e. The molecule has 274 valence electrons. The highest BCUT2D eigenvalue weighted by atomic mass is 79.9. The first-order valence-corrected chi connectivity index (χ1v) is 18.6. The van der Waals surface area contributed by atoms with E-state index in [2.05, 4.69) is 36.8 Å². The van der Waals surface area contributed by atoms with Crippen LogP contribution in [-0.2, 0) is 28.5 Å². The van der Waals surface area contributed by atoms with Gasteiger partial charge in [-0.2, -0.15) is 0 Å². The Labute approximate surface area is 313 Å². The van der Waals surface area contributed by atoms with Crippen LogP contribution in [0.4, 0.5) is 10.8 Å². The molecule has 0 aliphatic rings. The maximum Gasteiger partial charge on any atom is 0.311 e. The molecule has 9 nitrogen and oxygen atoms in total. The Bertz CT molecular complexity index is 1610. The lowest BCUT2D eigenvalue weighted by Gasteiger charge is -2.30. The summed E-state index contributed by atoms with van der Waals surface area (Å²) in [6.07, 6.45) is -0.764. The Morgan fingerprint density at radius 1 is 0.735 bits per heavy atom. The third-order valence-electron chi connectivity index (χ3n) is 6.83. The number of rotatable bonds is 8. The number of carbonyl (C=O) groups is 2. The van der Waals surface area contributed by atoms with Gasteiger partial charge in [0.15, 0.2) is 5.13 Å². The monoisotopic (exact) mass is 827 g/mol. The summed E-state index contributed by atoms with van der Waals surface area (Å²) in [4.78, 5) is 28.7. The van der Waals surface area contributed by atoms with Crippen molar-refractivity contribution in [1.82, 2.24) is 4.98 Å². The highest BCUT2D eigenvalue weighted by molar-refractivity contribution is 9.11. The molecule has 0 bridgehead atoms. The number of hydrogen-bond donors (Lipinski definition) is 2. The molecule has 0 radical (unpaired) electrons. The quantitative estimate of drug-likeness (QED) is 0.168. The molecule has 1 heterocycles. The van der Waals surface area contributed by atoms with Crippen molar-refractivity contribution in [2.24, 2.45) is 10.8 Å². The number of benzene rings is 2. The fraction of sp³-hybridized carbons (Fsp3) is 0.595. The van der Waals surface area contributed by atoms with E-state index in [1.165, 1.54) is 11.3 Å². The molecule has 0 aliphatic heterocycles. The normalized spacial score (nSPS) is 13.8. The van der Waals surface area contributed by atoms with E-state index in [4.69, 9.17) is 30.4 Å². The molecule has 0 saturated heterocycles. The maximum absolute atomic E-state index is 12.2. The van der Waals surface area contributed by atoms with Crippen LogP contribution in [0.1, 0.15) is 118 Å². The molecule has 0 unspecified atom stereocenters. The number of ether oxygens (including phenoxy) is 4. The molecular weight excluding hydrogens is 774 g/mol. The van der Waals surface area contributed by atoms with Gasteiger partial charge in [0, 0.05) is 25.8 Å². The molecule has 0 aliphatic carbocycles. The molecule has 0 amide bonds. The van der Waals surface area contributed by atoms with Gasteiger partial charge >= 0.3 is 11.9 Å². The van der Waals surface area contributed by atoms with Crippen LogP contribution in [0.2, 0.25) is 0 Å². The van der Waals surface area contributed by atoms with Gasteiger partial charge in [-0.3, -0.25) is 9.59 Å². The highest BCUT2D eigenvalue weighted by Crippen LogP contribution is 2.41. The topological polar surface area (TPSA) is 136 Å². The first-order valence-electron chi connectivity index (χ1n) is 16.2. The second-order valence-electron chi connectivity index (χ2n) is 16.2. The second-order valence-corrected chi connectivity index (χ2v) is 18.9. The molecule has 4 N–H and O–H groups in total. The van der Waals surface area contributed by atoms with Crippen LogP contribution in [0.3, 0.4) is 0 Å². The van der Waals surface area contributed by atoms with E-state index >= 15 is 0 Å². The van der Waals surface area contributed by atoms with Gasteiger partial charge in [-0.15, -0.1) is 0 Å². The number of nitrogen functional groups attached to an aromatic ring is 2. The third kappa shape index (κ3) is 13.1. The summed E-state index contributed by atoms with van der Waals surface area (Å²) in [6.45, 7) is 27.2. The molecule has 0 saturated carbocycles. The summed E-state index contributed by atoms with van der Waals surface area (Å²) in [5.74, 6) is -0.499. The maximum atomic E-state index is 12.2. The number of aryl methyl sites for hydroxylation is 2. The zero-order valence-electron chi connectivity index (χ0n) is 31.5. The predicted octanol–water partition coefficient (Wildman–Crippen LogP) is 10.2. The SMILES string of the molecule is Cc1cc(N)cc(Br)c1[C@@H](COC(=O)C(C)(C)C)OC(C)(C)C.Cc1cc2nc(N)sc2c(Br)c1[C@@H](COC(=O)C(C)(C)C)OC(C)(C)C. The minimum atomic E-state index is -0.561. The zero-order valence-corrected chi connectivity index (χ0v) is 35.5. The zero-order chi connectivity index (χ0) is 37.9. The first kappa shape index (κ1) is 42.9. The number of thiazole rings is 1. The molecule has 0 fully saturated rings. The Hall–Kier alpha value is -2.25. The van der Waals surface area contributed by atoms with E-state index in [0.717, 1.165) is 41.4 Å². The highest BCUT2D eigenvalue weighted by Gasteiger charge is 2.31. The lowest BCUT2D eigenvalue weighted by molar-refractivity contribution is -0.162. The molecule has 2 aromatic carbocycles. The van der Waals surface area contributed by atoms with Crippen LogP contribution in [0.5, 0.6) is 0 Å². The molecule has 12 heteroatoms. The van der Waals surface area contributed by atoms with Crippen LogP contribution in [-0.4, -0.2) is 41.3 Å². The van der Waals surface area contributed by atoms with Crippen LogP contribution >= 0.6 is 43.2 Å². The summed E-state index contributed by atoms with van der Waals surface area (Å²) in [6, 6.07) is 5.73. The summed E-state index contributed by atoms with van der Waals surface area (Å²) in [5.41, 5.74) is 15.3. The molecule has 2 atom stereocenters. The van der Waals surface area contributed by atoms with Crippen molar-refractivity contribution in [3.63, 3.8) is 0 Å². The van der Waals surface area contributed by atoms with Gasteiger partial charge in [-0.25, -0.2) is 4.98 Å². The van der Waals surface area contributed by atoms with E-state index in [-0.39, 0.29) is 36.9 Å². The summed E-state index contributed by atoms with van der Waals surface area (Å²) >= 11 is 8.67. The van der Waals surface area contributed by atoms with E-state index in [1.54, 1.807) is 0 Å². The van der Waals surface area contributed by atoms with Crippen molar-refractivity contribution in [3.05, 3.63) is 49.4 Å². The Morgan fingerprint density at radius 2 is 1.16 bits per heavy atom. The molecule has 1 aromatic heterocycles. The molecule has 0 spiro atoms. The van der Waals surface area contributed by atoms with Crippen molar-refractivity contribution < 1.29 is 28.5 Å². The smallest absolute Gasteiger partial charge is 0.311 e. The van der Waals surface area contributed by atoms with E-state index in [9.17, 15) is 9.59 Å². The number of carbonyl (C=O) groups excluding carboxylic acids is 2. The largest absolute Gasteiger partial charge is 0.462 e. The Kier molecular flexibility index (Phi) is 14.4. The van der Waals surface area contributed by atoms with Crippen LogP contribution < -0.4 is 11.5 Å². The van der Waals surface area contributed by atoms with Gasteiger partial charge < -0.3 is 30.4 Å². The average Bonchev–Trinajstić information content (AvgIpc) is 3.27. The van der Waals surface area contributed by atoms with Gasteiger partial charge in [-0.05, 0) is 142 Å². The van der Waals surface area contributed by atoms with E-state index in [1.807, 2.05) is 115 Å². The van der Waals surface area contributed by atoms with Gasteiger partial charge in [0.1, 0.15) is 25.4 Å². The van der Waals surface area contributed by atoms with Gasteiger partial charge in [-0.1, -0.05) is 27.3 Å². The molecule has 3 rings (SSSR count). The third-order valence-corrected chi connectivity index (χ3v) is 9.49. The number of nitrogens with two attached hydrogens (primary N) is 2. The lowest BCUT2D eigenvalue weighted by Crippen LogP contribution is -2.30. The second kappa shape index (κ2) is 16.4. The van der Waals surface area contributed by atoms with Crippen molar-refractivity contribution in [1.29, 1.82) is 0 Å². The molecule has 49 heavy (non-hydrogen) atoms. The fourth-order valence-electron chi connectivity index (χ4n) is 4.71. The summed E-state index contributed by atoms with van der Waals surface area (Å²) < 4.78 is 26.2. The number of aromatic nitrogens is 1. The number of esters is 2. The van der Waals surface area contributed by atoms with E-state index < -0.39 is 22.5 Å². The fourth-order valence-corrected chi connectivity index (χ4v) is 7.32.